The summed E-state index contributed by atoms with van der Waals surface area (Å²) in [7, 11) is 6.33. The number of ether oxygens (including phenoxy) is 2. The predicted molar refractivity (Wildman–Crippen MR) is 127 cm³/mol. The van der Waals surface area contributed by atoms with Gasteiger partial charge < -0.3 is 9.47 Å². The second-order valence-electron chi connectivity index (χ2n) is 6.72. The maximum atomic E-state index is 6.07. The van der Waals surface area contributed by atoms with E-state index in [1.54, 1.807) is 0 Å². The van der Waals surface area contributed by atoms with Gasteiger partial charge in [-0.25, -0.2) is 0 Å². The molecule has 0 saturated carbocycles. The first-order chi connectivity index (χ1) is 11.5. The van der Waals surface area contributed by atoms with Crippen molar-refractivity contribution in [3.63, 3.8) is 0 Å². The van der Waals surface area contributed by atoms with Crippen molar-refractivity contribution in [2.75, 3.05) is 24.7 Å². The van der Waals surface area contributed by atoms with Crippen LogP contribution in [0.25, 0.3) is 0 Å². The van der Waals surface area contributed by atoms with Crippen LogP contribution in [0.3, 0.4) is 0 Å². The van der Waals surface area contributed by atoms with Gasteiger partial charge in [-0.15, -0.1) is 0 Å². The van der Waals surface area contributed by atoms with Crippen molar-refractivity contribution in [3.8, 4) is 0 Å². The van der Waals surface area contributed by atoms with Crippen LogP contribution in [0.4, 0.5) is 0 Å². The third kappa shape index (κ3) is 14.9. The van der Waals surface area contributed by atoms with Crippen LogP contribution in [0, 0.1) is 0 Å². The fourth-order valence-corrected chi connectivity index (χ4v) is 13.2. The lowest BCUT2D eigenvalue weighted by atomic mass is 10.4. The summed E-state index contributed by atoms with van der Waals surface area (Å²) in [6, 6.07) is 0. The average molecular weight is 447 g/mol. The van der Waals surface area contributed by atoms with Gasteiger partial charge in [-0.3, -0.25) is 0 Å². The molecule has 0 bridgehead atoms. The Balaban J connectivity index is 3.77. The van der Waals surface area contributed by atoms with Gasteiger partial charge in [0.1, 0.15) is 0 Å². The molecule has 0 spiro atoms. The third-order valence-corrected chi connectivity index (χ3v) is 14.7. The average Bonchev–Trinajstić information content (AvgIpc) is 2.54. The van der Waals surface area contributed by atoms with Crippen LogP contribution < -0.4 is 0 Å². The molecule has 0 aliphatic heterocycles. The van der Waals surface area contributed by atoms with Crippen molar-refractivity contribution < 1.29 is 9.47 Å². The van der Waals surface area contributed by atoms with Crippen molar-refractivity contribution in [2.45, 2.75) is 77.2 Å². The fraction of sp³-hybridized carbons (Fsp3) is 1.00. The van der Waals surface area contributed by atoms with E-state index in [0.29, 0.717) is 11.5 Å². The molecule has 24 heavy (non-hydrogen) atoms. The first kappa shape index (κ1) is 25.8. The van der Waals surface area contributed by atoms with Crippen molar-refractivity contribution in [2.24, 2.45) is 0 Å². The molecule has 0 aromatic carbocycles. The summed E-state index contributed by atoms with van der Waals surface area (Å²) >= 11 is 0. The Kier molecular flexibility index (Phi) is 19.5. The van der Waals surface area contributed by atoms with E-state index in [1.807, 2.05) is 41.2 Å². The molecule has 2 unspecified atom stereocenters. The van der Waals surface area contributed by atoms with E-state index >= 15 is 0 Å². The lowest BCUT2D eigenvalue weighted by Crippen LogP contribution is -2.30. The molecule has 146 valence electrons. The van der Waals surface area contributed by atoms with Crippen LogP contribution in [0.1, 0.15) is 39.5 Å². The molecular weight excluding hydrogens is 409 g/mol. The van der Waals surface area contributed by atoms with Crippen molar-refractivity contribution in [1.82, 2.24) is 0 Å². The number of unbranched alkanes of at least 4 members (excludes halogenated alkanes) is 2. The van der Waals surface area contributed by atoms with Crippen molar-refractivity contribution in [1.29, 1.82) is 0 Å². The van der Waals surface area contributed by atoms with Crippen LogP contribution in [-0.4, -0.2) is 53.8 Å². The van der Waals surface area contributed by atoms with E-state index < -0.39 is 17.6 Å². The highest BCUT2D eigenvalue weighted by Crippen LogP contribution is 2.43. The Hall–Kier alpha value is 1.75. The highest BCUT2D eigenvalue weighted by Gasteiger charge is 2.17. The standard InChI is InChI=1S/C16H38O2S4Si2/c1-7-9-11-17-15(23(3)4)13-19-21-22-20-14-16(24(5)6)18-12-10-8-2/h15-16,23-24H,7-14H2,1-6H3. The van der Waals surface area contributed by atoms with Crippen LogP contribution in [-0.2, 0) is 9.47 Å². The molecule has 0 saturated heterocycles. The monoisotopic (exact) mass is 446 g/mol. The van der Waals surface area contributed by atoms with Gasteiger partial charge in [-0.2, -0.15) is 0 Å². The summed E-state index contributed by atoms with van der Waals surface area (Å²) < 4.78 is 12.1. The number of hydrogen-bond acceptors (Lipinski definition) is 6. The van der Waals surface area contributed by atoms with Gasteiger partial charge in [-0.05, 0) is 32.5 Å². The van der Waals surface area contributed by atoms with Gasteiger partial charge in [0.2, 0.25) is 0 Å². The quantitative estimate of drug-likeness (QED) is 0.152. The molecule has 0 amide bonds. The van der Waals surface area contributed by atoms with Gasteiger partial charge in [0, 0.05) is 24.7 Å². The molecule has 0 N–H and O–H groups in total. The highest BCUT2D eigenvalue weighted by atomic mass is 33.7. The zero-order chi connectivity index (χ0) is 18.2. The van der Waals surface area contributed by atoms with E-state index in [2.05, 4.69) is 40.0 Å². The predicted octanol–water partition coefficient (Wildman–Crippen LogP) is 6.09. The largest absolute Gasteiger partial charge is 0.381 e. The van der Waals surface area contributed by atoms with Gasteiger partial charge in [-0.1, -0.05) is 74.5 Å². The molecule has 0 aliphatic rings. The smallest absolute Gasteiger partial charge is 0.0667 e. The molecule has 0 fully saturated rings. The van der Waals surface area contributed by atoms with Crippen LogP contribution >= 0.6 is 41.2 Å². The third-order valence-electron chi connectivity index (χ3n) is 3.74. The van der Waals surface area contributed by atoms with Crippen molar-refractivity contribution in [3.05, 3.63) is 0 Å². The SMILES string of the molecule is CCCCOC(CSSSSCC(OCCCC)[SiH](C)C)[SiH](C)C. The molecule has 2 atom stereocenters. The minimum Gasteiger partial charge on any atom is -0.381 e. The summed E-state index contributed by atoms with van der Waals surface area (Å²) in [5, 5.41) is 0. The van der Waals surface area contributed by atoms with Gasteiger partial charge in [0.05, 0.1) is 29.0 Å². The minimum absolute atomic E-state index is 0.521. The summed E-state index contributed by atoms with van der Waals surface area (Å²) in [4.78, 5) is 0. The number of hydrogen-bond donors (Lipinski definition) is 0. The molecule has 0 heterocycles. The Morgan fingerprint density at radius 3 is 1.38 bits per heavy atom. The van der Waals surface area contributed by atoms with Gasteiger partial charge in [0.25, 0.3) is 0 Å². The molecule has 0 radical (unpaired) electrons. The van der Waals surface area contributed by atoms with Crippen LogP contribution in [0.2, 0.25) is 26.2 Å². The van der Waals surface area contributed by atoms with Crippen LogP contribution in [0.5, 0.6) is 0 Å². The van der Waals surface area contributed by atoms with Crippen LogP contribution in [0.15, 0.2) is 0 Å². The Morgan fingerprint density at radius 2 is 1.08 bits per heavy atom. The maximum Gasteiger partial charge on any atom is 0.0667 e. The normalized spacial score (nSPS) is 14.5. The van der Waals surface area contributed by atoms with E-state index in [9.17, 15) is 0 Å². The molecule has 2 nitrogen and oxygen atoms in total. The Morgan fingerprint density at radius 1 is 0.708 bits per heavy atom. The summed E-state index contributed by atoms with van der Waals surface area (Å²) in [6.45, 7) is 15.9. The molecule has 0 aromatic rings. The second kappa shape index (κ2) is 18.1. The molecular formula is C16H38O2S4Si2. The molecule has 8 heteroatoms. The zero-order valence-corrected chi connectivity index (χ0v) is 22.0. The minimum atomic E-state index is -0.720. The second-order valence-corrected chi connectivity index (χ2v) is 19.3. The molecule has 0 aliphatic carbocycles. The summed E-state index contributed by atoms with van der Waals surface area (Å²) in [5.74, 6) is 2.28. The highest BCUT2D eigenvalue weighted by molar-refractivity contribution is 9.26. The summed E-state index contributed by atoms with van der Waals surface area (Å²) in [6.07, 6.45) is 4.83. The molecule has 0 rings (SSSR count). The van der Waals surface area contributed by atoms with E-state index in [-0.39, 0.29) is 0 Å². The fourth-order valence-electron chi connectivity index (χ4n) is 1.85. The van der Waals surface area contributed by atoms with Crippen molar-refractivity contribution >= 4 is 58.8 Å². The topological polar surface area (TPSA) is 18.5 Å². The van der Waals surface area contributed by atoms with Gasteiger partial charge >= 0.3 is 0 Å². The Labute approximate surface area is 169 Å². The lowest BCUT2D eigenvalue weighted by molar-refractivity contribution is 0.114. The van der Waals surface area contributed by atoms with E-state index in [0.717, 1.165) is 24.7 Å². The van der Waals surface area contributed by atoms with Gasteiger partial charge in [0.15, 0.2) is 0 Å². The first-order valence-electron chi connectivity index (χ1n) is 9.33. The first-order valence-corrected chi connectivity index (χ1v) is 20.4. The molecule has 0 aromatic heterocycles. The Bertz CT molecular complexity index is 248. The maximum absolute atomic E-state index is 6.07. The van der Waals surface area contributed by atoms with E-state index in [1.165, 1.54) is 25.7 Å². The zero-order valence-electron chi connectivity index (χ0n) is 16.4. The lowest BCUT2D eigenvalue weighted by Gasteiger charge is -2.21. The number of rotatable bonds is 17. The summed E-state index contributed by atoms with van der Waals surface area (Å²) in [5.41, 5.74) is 1.04. The van der Waals surface area contributed by atoms with E-state index in [4.69, 9.17) is 9.47 Å².